The predicted octanol–water partition coefficient (Wildman–Crippen LogP) is 2.09. The molecule has 5 heteroatoms. The van der Waals surface area contributed by atoms with Crippen LogP contribution in [-0.4, -0.2) is 29.1 Å². The van der Waals surface area contributed by atoms with E-state index in [4.69, 9.17) is 16.3 Å². The van der Waals surface area contributed by atoms with Crippen LogP contribution in [0.5, 0.6) is 0 Å². The van der Waals surface area contributed by atoms with E-state index in [2.05, 4.69) is 10.3 Å². The lowest BCUT2D eigenvalue weighted by Crippen LogP contribution is -2.41. The highest BCUT2D eigenvalue weighted by Gasteiger charge is 2.41. The van der Waals surface area contributed by atoms with Gasteiger partial charge in [0.05, 0.1) is 28.8 Å². The van der Waals surface area contributed by atoms with E-state index in [1.165, 1.54) is 6.20 Å². The van der Waals surface area contributed by atoms with Gasteiger partial charge in [0.15, 0.2) is 0 Å². The summed E-state index contributed by atoms with van der Waals surface area (Å²) in [6.45, 7) is 1.84. The normalized spacial score (nSPS) is 29.6. The lowest BCUT2D eigenvalue weighted by atomic mass is 9.95. The molecule has 0 saturated carbocycles. The minimum absolute atomic E-state index is 0.119. The molecule has 0 radical (unpaired) electrons. The molecule has 0 aromatic carbocycles. The first-order valence-corrected chi connectivity index (χ1v) is 6.60. The van der Waals surface area contributed by atoms with Crippen molar-refractivity contribution in [3.63, 3.8) is 0 Å². The van der Waals surface area contributed by atoms with E-state index in [9.17, 15) is 4.79 Å². The molecule has 2 saturated heterocycles. The van der Waals surface area contributed by atoms with Crippen molar-refractivity contribution in [1.29, 1.82) is 0 Å². The fraction of sp³-hybridized carbons (Fsp3) is 0.538. The van der Waals surface area contributed by atoms with Crippen LogP contribution >= 0.6 is 11.6 Å². The minimum atomic E-state index is -0.159. The summed E-state index contributed by atoms with van der Waals surface area (Å²) >= 11 is 6.06. The molecule has 3 atom stereocenters. The third-order valence-electron chi connectivity index (χ3n) is 3.66. The van der Waals surface area contributed by atoms with Gasteiger partial charge in [-0.1, -0.05) is 11.6 Å². The number of aromatic nitrogens is 1. The Morgan fingerprint density at radius 1 is 1.56 bits per heavy atom. The maximum Gasteiger partial charge on any atom is 0.254 e. The van der Waals surface area contributed by atoms with E-state index in [1.807, 2.05) is 6.92 Å². The molecular weight excluding hydrogens is 252 g/mol. The van der Waals surface area contributed by atoms with Crippen LogP contribution in [0.15, 0.2) is 12.3 Å². The number of halogens is 1. The monoisotopic (exact) mass is 266 g/mol. The van der Waals surface area contributed by atoms with E-state index < -0.39 is 0 Å². The van der Waals surface area contributed by atoms with Gasteiger partial charge in [0.2, 0.25) is 0 Å². The van der Waals surface area contributed by atoms with E-state index in [-0.39, 0.29) is 18.1 Å². The number of nitrogens with zero attached hydrogens (tertiary/aromatic N) is 1. The second-order valence-electron chi connectivity index (χ2n) is 5.00. The first-order valence-electron chi connectivity index (χ1n) is 6.22. The summed E-state index contributed by atoms with van der Waals surface area (Å²) in [6, 6.07) is 1.82. The van der Waals surface area contributed by atoms with E-state index in [1.54, 1.807) is 6.07 Å². The molecule has 1 N–H and O–H groups in total. The molecule has 1 aromatic rings. The Bertz CT molecular complexity index is 492. The maximum absolute atomic E-state index is 12.1. The largest absolute Gasteiger partial charge is 0.373 e. The van der Waals surface area contributed by atoms with Crippen LogP contribution in [0.4, 0.5) is 0 Å². The average Bonchev–Trinajstić information content (AvgIpc) is 2.90. The fourth-order valence-corrected chi connectivity index (χ4v) is 3.02. The van der Waals surface area contributed by atoms with Gasteiger partial charge in [-0.2, -0.15) is 0 Å². The molecule has 1 aromatic heterocycles. The number of nitrogens with one attached hydrogen (secondary N) is 1. The number of aryl methyl sites for hydroxylation is 1. The van der Waals surface area contributed by atoms with Crippen LogP contribution in [-0.2, 0) is 4.74 Å². The zero-order chi connectivity index (χ0) is 12.7. The molecule has 2 aliphatic heterocycles. The van der Waals surface area contributed by atoms with Crippen LogP contribution in [0, 0.1) is 6.92 Å². The third-order valence-corrected chi connectivity index (χ3v) is 3.97. The Hall–Kier alpha value is -1.13. The molecule has 4 nitrogen and oxygen atoms in total. The Morgan fingerprint density at radius 3 is 3.00 bits per heavy atom. The lowest BCUT2D eigenvalue weighted by Gasteiger charge is -2.20. The van der Waals surface area contributed by atoms with Crippen molar-refractivity contribution < 1.29 is 9.53 Å². The molecule has 0 aliphatic carbocycles. The summed E-state index contributed by atoms with van der Waals surface area (Å²) in [4.78, 5) is 16.2. The van der Waals surface area contributed by atoms with Crippen molar-refractivity contribution in [2.24, 2.45) is 0 Å². The summed E-state index contributed by atoms with van der Waals surface area (Å²) in [5, 5.41) is 3.45. The van der Waals surface area contributed by atoms with Crippen molar-refractivity contribution in [1.82, 2.24) is 10.3 Å². The molecule has 3 unspecified atom stereocenters. The summed E-state index contributed by atoms with van der Waals surface area (Å²) in [6.07, 6.45) is 5.09. The first-order chi connectivity index (χ1) is 8.63. The van der Waals surface area contributed by atoms with Gasteiger partial charge < -0.3 is 10.1 Å². The second-order valence-corrected chi connectivity index (χ2v) is 5.40. The van der Waals surface area contributed by atoms with E-state index in [0.29, 0.717) is 16.7 Å². The smallest absolute Gasteiger partial charge is 0.254 e. The Balaban J connectivity index is 1.71. The second kappa shape index (κ2) is 4.52. The minimum Gasteiger partial charge on any atom is -0.373 e. The van der Waals surface area contributed by atoms with Crippen molar-refractivity contribution >= 4 is 17.5 Å². The van der Waals surface area contributed by atoms with Gasteiger partial charge in [-0.05, 0) is 32.3 Å². The number of fused-ring (bicyclic) bond motifs is 2. The van der Waals surface area contributed by atoms with Gasteiger partial charge in [-0.25, -0.2) is 0 Å². The molecule has 96 valence electrons. The van der Waals surface area contributed by atoms with Gasteiger partial charge in [0.25, 0.3) is 5.91 Å². The van der Waals surface area contributed by atoms with Gasteiger partial charge in [-0.3, -0.25) is 9.78 Å². The predicted molar refractivity (Wildman–Crippen MR) is 67.8 cm³/mol. The zero-order valence-corrected chi connectivity index (χ0v) is 10.9. The number of ether oxygens (including phenoxy) is 1. The topological polar surface area (TPSA) is 51.2 Å². The Morgan fingerprint density at radius 2 is 2.39 bits per heavy atom. The van der Waals surface area contributed by atoms with Gasteiger partial charge in [-0.15, -0.1) is 0 Å². The quantitative estimate of drug-likeness (QED) is 0.892. The molecule has 18 heavy (non-hydrogen) atoms. The highest BCUT2D eigenvalue weighted by Crippen LogP contribution is 2.34. The first kappa shape index (κ1) is 11.9. The molecule has 3 rings (SSSR count). The number of hydrogen-bond donors (Lipinski definition) is 1. The molecular formula is C13H15ClN2O2. The molecule has 2 aliphatic rings. The number of pyridine rings is 1. The molecule has 0 spiro atoms. The van der Waals surface area contributed by atoms with Crippen molar-refractivity contribution in [2.45, 2.75) is 44.4 Å². The average molecular weight is 267 g/mol. The Kier molecular flexibility index (Phi) is 2.99. The Labute approximate surface area is 111 Å². The van der Waals surface area contributed by atoms with Gasteiger partial charge in [0.1, 0.15) is 0 Å². The van der Waals surface area contributed by atoms with Crippen LogP contribution in [0.3, 0.4) is 0 Å². The summed E-state index contributed by atoms with van der Waals surface area (Å²) in [5.74, 6) is -0.159. The third kappa shape index (κ3) is 2.10. The summed E-state index contributed by atoms with van der Waals surface area (Å²) in [5.41, 5.74) is 1.24. The highest BCUT2D eigenvalue weighted by molar-refractivity contribution is 6.33. The van der Waals surface area contributed by atoms with Crippen LogP contribution in [0.1, 0.15) is 35.3 Å². The molecule has 3 heterocycles. The molecule has 2 bridgehead atoms. The zero-order valence-electron chi connectivity index (χ0n) is 10.1. The summed E-state index contributed by atoms with van der Waals surface area (Å²) in [7, 11) is 0. The lowest BCUT2D eigenvalue weighted by molar-refractivity contribution is 0.0840. The van der Waals surface area contributed by atoms with Crippen LogP contribution < -0.4 is 5.32 Å². The summed E-state index contributed by atoms with van der Waals surface area (Å²) < 4.78 is 5.71. The number of rotatable bonds is 2. The maximum atomic E-state index is 12.1. The standard InChI is InChI=1S/C13H15ClN2O2/c1-7-4-10(14)9(6-15-7)13(17)16-11-5-8-2-3-12(11)18-8/h4,6,8,11-12H,2-3,5H2,1H3,(H,16,17). The van der Waals surface area contributed by atoms with Crippen LogP contribution in [0.2, 0.25) is 5.02 Å². The van der Waals surface area contributed by atoms with E-state index >= 15 is 0 Å². The fourth-order valence-electron chi connectivity index (χ4n) is 2.73. The highest BCUT2D eigenvalue weighted by atomic mass is 35.5. The van der Waals surface area contributed by atoms with Crippen molar-refractivity contribution in [3.05, 3.63) is 28.5 Å². The molecule has 1 amide bonds. The number of carbonyl (C=O) groups excluding carboxylic acids is 1. The van der Waals surface area contributed by atoms with E-state index in [0.717, 1.165) is 25.0 Å². The van der Waals surface area contributed by atoms with Crippen molar-refractivity contribution in [2.75, 3.05) is 0 Å². The van der Waals surface area contributed by atoms with Gasteiger partial charge >= 0.3 is 0 Å². The van der Waals surface area contributed by atoms with Crippen molar-refractivity contribution in [3.8, 4) is 0 Å². The number of carbonyl (C=O) groups is 1. The number of hydrogen-bond acceptors (Lipinski definition) is 3. The number of amides is 1. The SMILES string of the molecule is Cc1cc(Cl)c(C(=O)NC2CC3CCC2O3)cn1. The van der Waals surface area contributed by atoms with Gasteiger partial charge in [0, 0.05) is 11.9 Å². The molecule has 2 fully saturated rings. The van der Waals surface area contributed by atoms with Crippen LogP contribution in [0.25, 0.3) is 0 Å².